The van der Waals surface area contributed by atoms with E-state index >= 15 is 0 Å². The van der Waals surface area contributed by atoms with Gasteiger partial charge in [-0.05, 0) is 13.3 Å². The van der Waals surface area contributed by atoms with E-state index in [2.05, 4.69) is 9.97 Å². The van der Waals surface area contributed by atoms with Crippen molar-refractivity contribution in [2.75, 3.05) is 6.61 Å². The number of ether oxygens (including phenoxy) is 1. The van der Waals surface area contributed by atoms with Gasteiger partial charge in [0, 0.05) is 6.20 Å². The first-order chi connectivity index (χ1) is 7.90. The maximum atomic E-state index is 12.3. The molecule has 1 aromatic rings. The van der Waals surface area contributed by atoms with Gasteiger partial charge in [-0.3, -0.25) is 0 Å². The first-order valence-corrected chi connectivity index (χ1v) is 5.00. The summed E-state index contributed by atoms with van der Waals surface area (Å²) in [5.74, 6) is -1.96. The average molecular weight is 248 g/mol. The van der Waals surface area contributed by atoms with Crippen LogP contribution in [0.3, 0.4) is 0 Å². The van der Waals surface area contributed by atoms with Gasteiger partial charge in [0.1, 0.15) is 0 Å². The van der Waals surface area contributed by atoms with Crippen LogP contribution < -0.4 is 0 Å². The second-order valence-electron chi connectivity index (χ2n) is 3.13. The summed E-state index contributed by atoms with van der Waals surface area (Å²) in [6.45, 7) is 3.35. The molecule has 0 fully saturated rings. The molecule has 0 amide bonds. The van der Waals surface area contributed by atoms with Crippen molar-refractivity contribution in [1.29, 1.82) is 0 Å². The minimum absolute atomic E-state index is 0.0256. The van der Waals surface area contributed by atoms with E-state index in [4.69, 9.17) is 4.74 Å². The van der Waals surface area contributed by atoms with Gasteiger partial charge in [-0.2, -0.15) is 13.2 Å². The Morgan fingerprint density at radius 1 is 1.41 bits per heavy atom. The van der Waals surface area contributed by atoms with Crippen LogP contribution in [-0.4, -0.2) is 22.5 Å². The van der Waals surface area contributed by atoms with Crippen LogP contribution in [0.5, 0.6) is 0 Å². The van der Waals surface area contributed by atoms with E-state index in [0.717, 1.165) is 6.20 Å². The van der Waals surface area contributed by atoms with Crippen LogP contribution in [-0.2, 0) is 17.3 Å². The normalized spacial score (nSPS) is 11.4. The second-order valence-corrected chi connectivity index (χ2v) is 3.13. The van der Waals surface area contributed by atoms with Gasteiger partial charge < -0.3 is 4.74 Å². The maximum Gasteiger partial charge on any atom is 0.451 e. The number of nitrogens with zero attached hydrogens (tertiary/aromatic N) is 2. The molecule has 17 heavy (non-hydrogen) atoms. The highest BCUT2D eigenvalue weighted by atomic mass is 19.4. The average Bonchev–Trinajstić information content (AvgIpc) is 2.27. The van der Waals surface area contributed by atoms with Crippen LogP contribution in [0, 0.1) is 0 Å². The third kappa shape index (κ3) is 3.15. The Kier molecular flexibility index (Phi) is 4.03. The standard InChI is InChI=1S/C10H11F3N2O2/c1-3-7-6(8(16)17-4-2)5-14-9(15-7)10(11,12)13/h5H,3-4H2,1-2H3. The minimum Gasteiger partial charge on any atom is -0.462 e. The second kappa shape index (κ2) is 5.11. The van der Waals surface area contributed by atoms with Crippen LogP contribution in [0.15, 0.2) is 6.20 Å². The number of rotatable bonds is 3. The molecule has 4 nitrogen and oxygen atoms in total. The maximum absolute atomic E-state index is 12.3. The third-order valence-electron chi connectivity index (χ3n) is 1.95. The fourth-order valence-electron chi connectivity index (χ4n) is 1.20. The van der Waals surface area contributed by atoms with Crippen molar-refractivity contribution < 1.29 is 22.7 Å². The van der Waals surface area contributed by atoms with E-state index in [-0.39, 0.29) is 24.3 Å². The number of hydrogen-bond donors (Lipinski definition) is 0. The van der Waals surface area contributed by atoms with Crippen molar-refractivity contribution in [1.82, 2.24) is 9.97 Å². The van der Waals surface area contributed by atoms with Gasteiger partial charge in [-0.1, -0.05) is 6.92 Å². The number of hydrogen-bond acceptors (Lipinski definition) is 4. The molecule has 0 aromatic carbocycles. The summed E-state index contributed by atoms with van der Waals surface area (Å²) < 4.78 is 41.7. The van der Waals surface area contributed by atoms with Crippen molar-refractivity contribution in [3.05, 3.63) is 23.3 Å². The first-order valence-electron chi connectivity index (χ1n) is 5.00. The minimum atomic E-state index is -4.61. The topological polar surface area (TPSA) is 52.1 Å². The summed E-state index contributed by atoms with van der Waals surface area (Å²) >= 11 is 0. The lowest BCUT2D eigenvalue weighted by atomic mass is 10.2. The van der Waals surface area contributed by atoms with Gasteiger partial charge >= 0.3 is 12.1 Å². The van der Waals surface area contributed by atoms with Crippen LogP contribution in [0.1, 0.15) is 35.7 Å². The van der Waals surface area contributed by atoms with E-state index in [1.165, 1.54) is 0 Å². The largest absolute Gasteiger partial charge is 0.462 e. The molecule has 0 aliphatic carbocycles. The molecule has 0 aliphatic rings. The SMILES string of the molecule is CCOC(=O)c1cnc(C(F)(F)F)nc1CC. The zero-order valence-electron chi connectivity index (χ0n) is 9.34. The van der Waals surface area contributed by atoms with Gasteiger partial charge in [0.2, 0.25) is 5.82 Å². The molecule has 0 unspecified atom stereocenters. The Balaban J connectivity index is 3.14. The number of carbonyl (C=O) groups is 1. The number of aryl methyl sites for hydroxylation is 1. The van der Waals surface area contributed by atoms with Crippen molar-refractivity contribution in [2.45, 2.75) is 26.4 Å². The molecular weight excluding hydrogens is 237 g/mol. The van der Waals surface area contributed by atoms with Crippen LogP contribution >= 0.6 is 0 Å². The van der Waals surface area contributed by atoms with Crippen molar-refractivity contribution >= 4 is 5.97 Å². The van der Waals surface area contributed by atoms with Gasteiger partial charge in [-0.25, -0.2) is 14.8 Å². The number of aromatic nitrogens is 2. The Hall–Kier alpha value is -1.66. The summed E-state index contributed by atoms with van der Waals surface area (Å²) in [5.41, 5.74) is 0.00752. The molecule has 0 saturated heterocycles. The summed E-state index contributed by atoms with van der Waals surface area (Å²) in [7, 11) is 0. The molecular formula is C10H11F3N2O2. The lowest BCUT2D eigenvalue weighted by Gasteiger charge is -2.09. The molecule has 0 spiro atoms. The smallest absolute Gasteiger partial charge is 0.451 e. The van der Waals surface area contributed by atoms with Crippen molar-refractivity contribution in [3.8, 4) is 0 Å². The molecule has 0 N–H and O–H groups in total. The molecule has 94 valence electrons. The lowest BCUT2D eigenvalue weighted by Crippen LogP contribution is -2.16. The zero-order chi connectivity index (χ0) is 13.1. The highest BCUT2D eigenvalue weighted by molar-refractivity contribution is 5.90. The van der Waals surface area contributed by atoms with Crippen LogP contribution in [0.4, 0.5) is 13.2 Å². The summed E-state index contributed by atoms with van der Waals surface area (Å²) in [6, 6.07) is 0. The monoisotopic (exact) mass is 248 g/mol. The predicted molar refractivity (Wildman–Crippen MR) is 52.4 cm³/mol. The first kappa shape index (κ1) is 13.4. The molecule has 0 radical (unpaired) electrons. The molecule has 0 bridgehead atoms. The van der Waals surface area contributed by atoms with Gasteiger partial charge in [0.15, 0.2) is 0 Å². The lowest BCUT2D eigenvalue weighted by molar-refractivity contribution is -0.145. The molecule has 0 aliphatic heterocycles. The van der Waals surface area contributed by atoms with Crippen LogP contribution in [0.2, 0.25) is 0 Å². The van der Waals surface area contributed by atoms with E-state index in [0.29, 0.717) is 0 Å². The number of halogens is 3. The fourth-order valence-corrected chi connectivity index (χ4v) is 1.20. The summed E-state index contributed by atoms with van der Waals surface area (Å²) in [4.78, 5) is 17.9. The van der Waals surface area contributed by atoms with E-state index in [1.54, 1.807) is 13.8 Å². The summed E-state index contributed by atoms with van der Waals surface area (Å²) in [6.07, 6.45) is -3.57. The van der Waals surface area contributed by atoms with E-state index in [1.807, 2.05) is 0 Å². The van der Waals surface area contributed by atoms with Crippen molar-refractivity contribution in [2.24, 2.45) is 0 Å². The fraction of sp³-hybridized carbons (Fsp3) is 0.500. The molecule has 0 atom stereocenters. The van der Waals surface area contributed by atoms with Crippen LogP contribution in [0.25, 0.3) is 0 Å². The highest BCUT2D eigenvalue weighted by Gasteiger charge is 2.35. The predicted octanol–water partition coefficient (Wildman–Crippen LogP) is 2.23. The van der Waals surface area contributed by atoms with E-state index < -0.39 is 18.0 Å². The summed E-state index contributed by atoms with van der Waals surface area (Å²) in [5, 5.41) is 0. The third-order valence-corrected chi connectivity index (χ3v) is 1.95. The molecule has 1 rings (SSSR count). The van der Waals surface area contributed by atoms with Gasteiger partial charge in [-0.15, -0.1) is 0 Å². The molecule has 7 heteroatoms. The van der Waals surface area contributed by atoms with Crippen molar-refractivity contribution in [3.63, 3.8) is 0 Å². The molecule has 1 aromatic heterocycles. The Bertz CT molecular complexity index is 419. The zero-order valence-corrected chi connectivity index (χ0v) is 9.34. The number of carbonyl (C=O) groups excluding carboxylic acids is 1. The van der Waals surface area contributed by atoms with E-state index in [9.17, 15) is 18.0 Å². The number of alkyl halides is 3. The Labute approximate surface area is 95.8 Å². The Morgan fingerprint density at radius 3 is 2.53 bits per heavy atom. The molecule has 0 saturated carbocycles. The van der Waals surface area contributed by atoms with Gasteiger partial charge in [0.05, 0.1) is 17.9 Å². The Morgan fingerprint density at radius 2 is 2.06 bits per heavy atom. The number of esters is 1. The quantitative estimate of drug-likeness (QED) is 0.770. The molecule has 1 heterocycles. The van der Waals surface area contributed by atoms with Gasteiger partial charge in [0.25, 0.3) is 0 Å². The highest BCUT2D eigenvalue weighted by Crippen LogP contribution is 2.26.